The van der Waals surface area contributed by atoms with Crippen LogP contribution in [0.15, 0.2) is 18.2 Å². The molecular weight excluding hydrogens is 364 g/mol. The van der Waals surface area contributed by atoms with Crippen LogP contribution in [0.3, 0.4) is 0 Å². The van der Waals surface area contributed by atoms with Crippen LogP contribution in [0.5, 0.6) is 11.5 Å². The minimum Gasteiger partial charge on any atom is -0.486 e. The van der Waals surface area contributed by atoms with E-state index in [1.807, 2.05) is 13.0 Å². The maximum Gasteiger partial charge on any atom is 0.326 e. The van der Waals surface area contributed by atoms with E-state index in [4.69, 9.17) is 9.47 Å². The molecule has 1 N–H and O–H groups in total. The van der Waals surface area contributed by atoms with E-state index >= 15 is 0 Å². The van der Waals surface area contributed by atoms with Crippen molar-refractivity contribution in [2.45, 2.75) is 32.7 Å². The normalized spacial score (nSPS) is 21.4. The van der Waals surface area contributed by atoms with Gasteiger partial charge in [-0.15, -0.1) is 5.10 Å². The Balaban J connectivity index is 1.63. The number of hydrogen-bond acceptors (Lipinski definition) is 6. The molecule has 9 heteroatoms. The van der Waals surface area contributed by atoms with Gasteiger partial charge in [-0.05, 0) is 37.8 Å². The van der Waals surface area contributed by atoms with Crippen LogP contribution in [-0.4, -0.2) is 62.7 Å². The molecule has 2 unspecified atom stereocenters. The van der Waals surface area contributed by atoms with Crippen LogP contribution in [0.1, 0.15) is 35.9 Å². The molecule has 0 spiro atoms. The molecule has 0 bridgehead atoms. The third-order valence-electron chi connectivity index (χ3n) is 5.28. The number of carbonyl (C=O) groups is 2. The fraction of sp³-hybridized carbons (Fsp3) is 0.474. The van der Waals surface area contributed by atoms with E-state index in [0.717, 1.165) is 6.42 Å². The van der Waals surface area contributed by atoms with Crippen molar-refractivity contribution < 1.29 is 24.2 Å². The van der Waals surface area contributed by atoms with E-state index < -0.39 is 17.9 Å². The van der Waals surface area contributed by atoms with Gasteiger partial charge in [0.15, 0.2) is 17.2 Å². The Bertz CT molecular complexity index is 925. The topological polar surface area (TPSA) is 107 Å². The number of hydrogen-bond donors (Lipinski definition) is 1. The first-order chi connectivity index (χ1) is 13.5. The van der Waals surface area contributed by atoms with E-state index in [9.17, 15) is 14.7 Å². The lowest BCUT2D eigenvalue weighted by Gasteiger charge is -2.35. The third-order valence-corrected chi connectivity index (χ3v) is 5.28. The average molecular weight is 386 g/mol. The van der Waals surface area contributed by atoms with Crippen LogP contribution < -0.4 is 9.47 Å². The van der Waals surface area contributed by atoms with Gasteiger partial charge in [-0.1, -0.05) is 12.1 Å². The number of likely N-dealkylation sites (tertiary alicyclic amines) is 1. The number of benzene rings is 1. The minimum absolute atomic E-state index is 0.163. The zero-order valence-corrected chi connectivity index (χ0v) is 15.8. The predicted molar refractivity (Wildman–Crippen MR) is 97.9 cm³/mol. The molecule has 1 fully saturated rings. The van der Waals surface area contributed by atoms with E-state index in [-0.39, 0.29) is 11.6 Å². The number of carboxylic acid groups (broad SMARTS) is 1. The van der Waals surface area contributed by atoms with Crippen LogP contribution in [-0.2, 0) is 4.79 Å². The molecule has 1 amide bonds. The van der Waals surface area contributed by atoms with Crippen LogP contribution in [0, 0.1) is 12.8 Å². The molecule has 9 nitrogen and oxygen atoms in total. The highest BCUT2D eigenvalue weighted by Gasteiger charge is 2.37. The Morgan fingerprint density at radius 2 is 1.96 bits per heavy atom. The highest BCUT2D eigenvalue weighted by atomic mass is 16.6. The summed E-state index contributed by atoms with van der Waals surface area (Å²) >= 11 is 0. The smallest absolute Gasteiger partial charge is 0.326 e. The van der Waals surface area contributed by atoms with Gasteiger partial charge in [0.1, 0.15) is 19.3 Å². The molecule has 2 aliphatic rings. The van der Waals surface area contributed by atoms with Gasteiger partial charge in [0, 0.05) is 12.6 Å². The van der Waals surface area contributed by atoms with Gasteiger partial charge in [0.2, 0.25) is 0 Å². The molecule has 0 radical (unpaired) electrons. The number of ether oxygens (including phenoxy) is 2. The number of aromatic nitrogens is 3. The Kier molecular flexibility index (Phi) is 4.66. The maximum absolute atomic E-state index is 13.0. The van der Waals surface area contributed by atoms with Gasteiger partial charge in [0.05, 0.1) is 11.4 Å². The van der Waals surface area contributed by atoms with E-state index in [1.165, 1.54) is 4.90 Å². The van der Waals surface area contributed by atoms with Crippen LogP contribution >= 0.6 is 0 Å². The van der Waals surface area contributed by atoms with Crippen molar-refractivity contribution in [3.05, 3.63) is 29.6 Å². The summed E-state index contributed by atoms with van der Waals surface area (Å²) in [7, 11) is 0. The lowest BCUT2D eigenvalue weighted by atomic mass is 9.92. The monoisotopic (exact) mass is 386 g/mol. The van der Waals surface area contributed by atoms with Crippen LogP contribution in [0.4, 0.5) is 0 Å². The fourth-order valence-electron chi connectivity index (χ4n) is 3.69. The minimum atomic E-state index is -0.989. The van der Waals surface area contributed by atoms with E-state index in [2.05, 4.69) is 10.3 Å². The molecule has 1 aromatic heterocycles. The van der Waals surface area contributed by atoms with E-state index in [0.29, 0.717) is 49.1 Å². The number of piperidine rings is 1. The Labute approximate surface area is 161 Å². The molecule has 1 saturated heterocycles. The Morgan fingerprint density at radius 3 is 2.71 bits per heavy atom. The molecule has 4 rings (SSSR count). The first-order valence-corrected chi connectivity index (χ1v) is 9.32. The number of carbonyl (C=O) groups excluding carboxylic acids is 1. The van der Waals surface area contributed by atoms with Gasteiger partial charge in [-0.2, -0.15) is 0 Å². The second-order valence-electron chi connectivity index (χ2n) is 7.25. The number of carboxylic acids is 1. The first-order valence-electron chi connectivity index (χ1n) is 9.32. The van der Waals surface area contributed by atoms with Crippen molar-refractivity contribution in [3.8, 4) is 17.2 Å². The molecule has 3 heterocycles. The van der Waals surface area contributed by atoms with Gasteiger partial charge >= 0.3 is 5.97 Å². The highest BCUT2D eigenvalue weighted by Crippen LogP contribution is 2.32. The number of aliphatic carboxylic acids is 1. The molecule has 28 heavy (non-hydrogen) atoms. The predicted octanol–water partition coefficient (Wildman–Crippen LogP) is 1.67. The van der Waals surface area contributed by atoms with Gasteiger partial charge in [-0.25, -0.2) is 9.48 Å². The summed E-state index contributed by atoms with van der Waals surface area (Å²) < 4.78 is 12.7. The second kappa shape index (κ2) is 7.14. The van der Waals surface area contributed by atoms with Crippen molar-refractivity contribution in [1.29, 1.82) is 0 Å². The lowest BCUT2D eigenvalue weighted by molar-refractivity contribution is -0.144. The summed E-state index contributed by atoms with van der Waals surface area (Å²) in [6.45, 7) is 5.12. The SMILES string of the molecule is Cc1c(C(=O)N2CCC(C)CC2C(=O)O)nnn1-c1ccc2c(c1)OCCO2. The summed E-state index contributed by atoms with van der Waals surface area (Å²) in [5, 5.41) is 17.7. The molecule has 2 aliphatic heterocycles. The number of rotatable bonds is 3. The van der Waals surface area contributed by atoms with Crippen LogP contribution in [0.2, 0.25) is 0 Å². The molecule has 1 aromatic carbocycles. The molecule has 0 saturated carbocycles. The second-order valence-corrected chi connectivity index (χ2v) is 7.25. The summed E-state index contributed by atoms with van der Waals surface area (Å²) in [6.07, 6.45) is 1.21. The maximum atomic E-state index is 13.0. The first kappa shape index (κ1) is 18.3. The van der Waals surface area contributed by atoms with Crippen molar-refractivity contribution in [3.63, 3.8) is 0 Å². The molecule has 2 aromatic rings. The standard InChI is InChI=1S/C19H22N4O5/c1-11-5-6-22(14(9-11)19(25)26)18(24)17-12(2)23(21-20-17)13-3-4-15-16(10-13)28-8-7-27-15/h3-4,10-11,14H,5-9H2,1-2H3,(H,25,26). The number of fused-ring (bicyclic) bond motifs is 1. The number of amides is 1. The Hall–Kier alpha value is -3.10. The lowest BCUT2D eigenvalue weighted by Crippen LogP contribution is -2.50. The summed E-state index contributed by atoms with van der Waals surface area (Å²) in [6, 6.07) is 4.55. The van der Waals surface area contributed by atoms with E-state index in [1.54, 1.807) is 23.7 Å². The highest BCUT2D eigenvalue weighted by molar-refractivity contribution is 5.96. The fourth-order valence-corrected chi connectivity index (χ4v) is 3.69. The zero-order valence-electron chi connectivity index (χ0n) is 15.8. The largest absolute Gasteiger partial charge is 0.486 e. The summed E-state index contributed by atoms with van der Waals surface area (Å²) in [5.41, 5.74) is 1.40. The number of nitrogens with zero attached hydrogens (tertiary/aromatic N) is 4. The van der Waals surface area contributed by atoms with Crippen LogP contribution in [0.25, 0.3) is 5.69 Å². The van der Waals surface area contributed by atoms with Crippen molar-refractivity contribution in [2.24, 2.45) is 5.92 Å². The molecule has 148 valence electrons. The zero-order chi connectivity index (χ0) is 19.8. The molecule has 0 aliphatic carbocycles. The van der Waals surface area contributed by atoms with Gasteiger partial charge < -0.3 is 19.5 Å². The quantitative estimate of drug-likeness (QED) is 0.855. The van der Waals surface area contributed by atoms with Gasteiger partial charge in [0.25, 0.3) is 5.91 Å². The van der Waals surface area contributed by atoms with Gasteiger partial charge in [-0.3, -0.25) is 4.79 Å². The van der Waals surface area contributed by atoms with Crippen molar-refractivity contribution in [1.82, 2.24) is 19.9 Å². The third kappa shape index (κ3) is 3.17. The van der Waals surface area contributed by atoms with Crippen molar-refractivity contribution in [2.75, 3.05) is 19.8 Å². The van der Waals surface area contributed by atoms with Crippen molar-refractivity contribution >= 4 is 11.9 Å². The Morgan fingerprint density at radius 1 is 1.21 bits per heavy atom. The molecular formula is C19H22N4O5. The summed E-state index contributed by atoms with van der Waals surface area (Å²) in [4.78, 5) is 26.1. The average Bonchev–Trinajstić information content (AvgIpc) is 3.08. The molecule has 2 atom stereocenters. The summed E-state index contributed by atoms with van der Waals surface area (Å²) in [5.74, 6) is 0.148.